The van der Waals surface area contributed by atoms with Crippen LogP contribution in [0.1, 0.15) is 12.0 Å². The van der Waals surface area contributed by atoms with Crippen molar-refractivity contribution >= 4 is 17.7 Å². The maximum atomic E-state index is 11.1. The van der Waals surface area contributed by atoms with Gasteiger partial charge in [-0.05, 0) is 30.7 Å². The molecule has 0 aromatic heterocycles. The molecule has 16 heavy (non-hydrogen) atoms. The summed E-state index contributed by atoms with van der Waals surface area (Å²) in [5.74, 6) is 0.605. The molecule has 0 atom stereocenters. The zero-order valence-electron chi connectivity index (χ0n) is 8.90. The van der Waals surface area contributed by atoms with Gasteiger partial charge in [-0.1, -0.05) is 18.2 Å². The molecule has 1 amide bonds. The number of hydrogen-bond donors (Lipinski definition) is 2. The summed E-state index contributed by atoms with van der Waals surface area (Å²) in [6.07, 6.45) is 4.87. The van der Waals surface area contributed by atoms with E-state index >= 15 is 0 Å². The number of rotatable bonds is 3. The lowest BCUT2D eigenvalue weighted by atomic mass is 10.1. The molecule has 4 heteroatoms. The molecule has 3 N–H and O–H groups in total. The third kappa shape index (κ3) is 2.41. The first-order valence-corrected chi connectivity index (χ1v) is 5.23. The third-order valence-electron chi connectivity index (χ3n) is 2.28. The van der Waals surface area contributed by atoms with Gasteiger partial charge >= 0.3 is 0 Å². The Kier molecular flexibility index (Phi) is 3.22. The molecule has 0 bridgehead atoms. The molecular formula is C12H14N2O2. The van der Waals surface area contributed by atoms with Gasteiger partial charge in [0.15, 0.2) is 6.61 Å². The predicted molar refractivity (Wildman–Crippen MR) is 63.3 cm³/mol. The lowest BCUT2D eigenvalue weighted by Crippen LogP contribution is -2.25. The van der Waals surface area contributed by atoms with Crippen molar-refractivity contribution in [1.82, 2.24) is 0 Å². The Bertz CT molecular complexity index is 427. The zero-order chi connectivity index (χ0) is 11.4. The van der Waals surface area contributed by atoms with Crippen molar-refractivity contribution in [2.45, 2.75) is 6.42 Å². The van der Waals surface area contributed by atoms with Gasteiger partial charge in [-0.3, -0.25) is 4.79 Å². The monoisotopic (exact) mass is 218 g/mol. The molecule has 1 aliphatic heterocycles. The lowest BCUT2D eigenvalue weighted by molar-refractivity contribution is -0.118. The first-order valence-electron chi connectivity index (χ1n) is 5.23. The predicted octanol–water partition coefficient (Wildman–Crippen LogP) is 1.38. The molecule has 0 fully saturated rings. The van der Waals surface area contributed by atoms with Crippen LogP contribution in [0.3, 0.4) is 0 Å². The number of hydrogen-bond acceptors (Lipinski definition) is 3. The van der Waals surface area contributed by atoms with Gasteiger partial charge in [-0.2, -0.15) is 0 Å². The molecule has 4 nitrogen and oxygen atoms in total. The average molecular weight is 218 g/mol. The van der Waals surface area contributed by atoms with Crippen LogP contribution in [-0.2, 0) is 4.79 Å². The van der Waals surface area contributed by atoms with Crippen LogP contribution in [0.5, 0.6) is 5.75 Å². The highest BCUT2D eigenvalue weighted by atomic mass is 16.5. The number of carbonyl (C=O) groups is 1. The summed E-state index contributed by atoms with van der Waals surface area (Å²) >= 11 is 0. The summed E-state index contributed by atoms with van der Waals surface area (Å²) in [7, 11) is 0. The van der Waals surface area contributed by atoms with E-state index in [9.17, 15) is 4.79 Å². The highest BCUT2D eigenvalue weighted by molar-refractivity contribution is 5.95. The van der Waals surface area contributed by atoms with E-state index < -0.39 is 0 Å². The second-order valence-electron chi connectivity index (χ2n) is 3.57. The van der Waals surface area contributed by atoms with Gasteiger partial charge in [0.25, 0.3) is 5.91 Å². The van der Waals surface area contributed by atoms with Gasteiger partial charge in [0.1, 0.15) is 5.75 Å². The van der Waals surface area contributed by atoms with Gasteiger partial charge in [0, 0.05) is 0 Å². The summed E-state index contributed by atoms with van der Waals surface area (Å²) in [4.78, 5) is 11.1. The summed E-state index contributed by atoms with van der Waals surface area (Å²) in [6, 6.07) is 5.68. The molecule has 0 radical (unpaired) electrons. The fourth-order valence-electron chi connectivity index (χ4n) is 1.51. The van der Waals surface area contributed by atoms with Gasteiger partial charge in [0.05, 0.1) is 5.69 Å². The molecule has 0 saturated heterocycles. The third-order valence-corrected chi connectivity index (χ3v) is 2.28. The highest BCUT2D eigenvalue weighted by Crippen LogP contribution is 2.28. The minimum Gasteiger partial charge on any atom is -0.482 e. The first-order chi connectivity index (χ1) is 7.79. The molecule has 1 aliphatic rings. The molecule has 0 aliphatic carbocycles. The summed E-state index contributed by atoms with van der Waals surface area (Å²) in [5, 5.41) is 2.75. The van der Waals surface area contributed by atoms with Crippen molar-refractivity contribution in [3.63, 3.8) is 0 Å². The summed E-state index contributed by atoms with van der Waals surface area (Å²) in [5.41, 5.74) is 7.17. The number of benzene rings is 1. The smallest absolute Gasteiger partial charge is 0.262 e. The zero-order valence-corrected chi connectivity index (χ0v) is 8.90. The maximum absolute atomic E-state index is 11.1. The highest BCUT2D eigenvalue weighted by Gasteiger charge is 2.15. The van der Waals surface area contributed by atoms with E-state index in [0.29, 0.717) is 6.54 Å². The summed E-state index contributed by atoms with van der Waals surface area (Å²) < 4.78 is 5.31. The molecule has 0 spiro atoms. The van der Waals surface area contributed by atoms with E-state index in [1.807, 2.05) is 30.4 Å². The number of anilines is 1. The number of fused-ring (bicyclic) bond motifs is 1. The van der Waals surface area contributed by atoms with E-state index in [1.54, 1.807) is 0 Å². The van der Waals surface area contributed by atoms with Crippen molar-refractivity contribution in [2.75, 3.05) is 18.5 Å². The van der Waals surface area contributed by atoms with Crippen LogP contribution >= 0.6 is 0 Å². The van der Waals surface area contributed by atoms with Crippen LogP contribution < -0.4 is 15.8 Å². The lowest BCUT2D eigenvalue weighted by Gasteiger charge is -2.17. The van der Waals surface area contributed by atoms with E-state index in [2.05, 4.69) is 5.32 Å². The van der Waals surface area contributed by atoms with Crippen LogP contribution in [0, 0.1) is 0 Å². The fourth-order valence-corrected chi connectivity index (χ4v) is 1.51. The van der Waals surface area contributed by atoms with Gasteiger partial charge in [-0.25, -0.2) is 0 Å². The van der Waals surface area contributed by atoms with E-state index in [4.69, 9.17) is 10.5 Å². The van der Waals surface area contributed by atoms with Crippen LogP contribution in [0.2, 0.25) is 0 Å². The van der Waals surface area contributed by atoms with Gasteiger partial charge in [-0.15, -0.1) is 0 Å². The quantitative estimate of drug-likeness (QED) is 0.805. The Balaban J connectivity index is 2.16. The minimum absolute atomic E-state index is 0.0863. The van der Waals surface area contributed by atoms with Gasteiger partial charge in [0.2, 0.25) is 0 Å². The molecule has 2 rings (SSSR count). The SMILES string of the molecule is NCCC=Cc1ccc2c(c1)OCC(=O)N2. The minimum atomic E-state index is -0.112. The van der Waals surface area contributed by atoms with Crippen LogP contribution in [0.15, 0.2) is 24.3 Å². The topological polar surface area (TPSA) is 64.3 Å². The van der Waals surface area contributed by atoms with Crippen molar-refractivity contribution in [1.29, 1.82) is 0 Å². The Morgan fingerprint density at radius 1 is 1.50 bits per heavy atom. The van der Waals surface area contributed by atoms with Crippen molar-refractivity contribution < 1.29 is 9.53 Å². The number of carbonyl (C=O) groups excluding carboxylic acids is 1. The molecule has 0 saturated carbocycles. The molecule has 0 unspecified atom stereocenters. The number of ether oxygens (including phenoxy) is 1. The largest absolute Gasteiger partial charge is 0.482 e. The molecular weight excluding hydrogens is 204 g/mol. The fraction of sp³-hybridized carbons (Fsp3) is 0.250. The van der Waals surface area contributed by atoms with Crippen molar-refractivity contribution in [3.8, 4) is 5.75 Å². The van der Waals surface area contributed by atoms with Crippen molar-refractivity contribution in [2.24, 2.45) is 5.73 Å². The van der Waals surface area contributed by atoms with Gasteiger partial charge < -0.3 is 15.8 Å². The molecule has 1 aromatic rings. The van der Waals surface area contributed by atoms with Crippen LogP contribution in [0.25, 0.3) is 6.08 Å². The number of nitrogens with one attached hydrogen (secondary N) is 1. The summed E-state index contributed by atoms with van der Waals surface area (Å²) in [6.45, 7) is 0.733. The second kappa shape index (κ2) is 4.81. The average Bonchev–Trinajstić information content (AvgIpc) is 2.29. The Labute approximate surface area is 94.1 Å². The Hall–Kier alpha value is -1.81. The Morgan fingerprint density at radius 3 is 3.19 bits per heavy atom. The standard InChI is InChI=1S/C12H14N2O2/c13-6-2-1-3-9-4-5-10-11(7-9)16-8-12(15)14-10/h1,3-5,7H,2,6,8,13H2,(H,14,15). The van der Waals surface area contributed by atoms with E-state index in [-0.39, 0.29) is 12.5 Å². The van der Waals surface area contributed by atoms with Crippen LogP contribution in [0.4, 0.5) is 5.69 Å². The molecule has 1 heterocycles. The number of amides is 1. The molecule has 84 valence electrons. The van der Waals surface area contributed by atoms with E-state index in [0.717, 1.165) is 23.4 Å². The second-order valence-corrected chi connectivity index (χ2v) is 3.57. The normalized spacial score (nSPS) is 14.4. The number of nitrogens with two attached hydrogens (primary N) is 1. The van der Waals surface area contributed by atoms with Crippen molar-refractivity contribution in [3.05, 3.63) is 29.8 Å². The Morgan fingerprint density at radius 2 is 2.38 bits per heavy atom. The van der Waals surface area contributed by atoms with Crippen LogP contribution in [-0.4, -0.2) is 19.1 Å². The molecule has 1 aromatic carbocycles. The van der Waals surface area contributed by atoms with E-state index in [1.165, 1.54) is 0 Å². The first kappa shape index (κ1) is 10.7. The maximum Gasteiger partial charge on any atom is 0.262 e.